The first-order valence-corrected chi connectivity index (χ1v) is 3.94. The normalized spacial score (nSPS) is 15.2. The van der Waals surface area contributed by atoms with Crippen LogP contribution in [-0.4, -0.2) is 26.3 Å². The first kappa shape index (κ1) is 9.11. The highest BCUT2D eigenvalue weighted by Gasteiger charge is 2.17. The Morgan fingerprint density at radius 3 is 2.70 bits per heavy atom. The topological polar surface area (TPSA) is 78.2 Å². The number of nitrogens with zero attached hydrogens (tertiary/aromatic N) is 1. The third kappa shape index (κ3) is 2.60. The molecule has 4 nitrogen and oxygen atoms in total. The largest absolute Gasteiger partial charge is 0.480 e. The van der Waals surface area contributed by atoms with E-state index in [1.807, 2.05) is 0 Å². The van der Waals surface area contributed by atoms with E-state index >= 15 is 0 Å². The average molecular weight is 161 g/mol. The fourth-order valence-corrected chi connectivity index (χ4v) is 0.903. The van der Waals surface area contributed by atoms with Crippen LogP contribution in [0.3, 0.4) is 0 Å². The Bertz CT molecular complexity index is 196. The maximum absolute atomic E-state index is 10.7. The predicted octanol–water partition coefficient (Wildman–Crippen LogP) is -0.268. The summed E-state index contributed by atoms with van der Waals surface area (Å²) in [5, 5.41) is 15.4. The minimum absolute atomic E-state index is 0.215. The molecule has 0 bridgehead atoms. The molecule has 0 heterocycles. The Hall–Kier alpha value is -0.890. The molecule has 0 radical (unpaired) electrons. The molecule has 0 saturated carbocycles. The summed E-state index contributed by atoms with van der Waals surface area (Å²) in [5.41, 5.74) is 0. The molecule has 0 aromatic heterocycles. The number of aliphatic carboxylic acids is 1. The monoisotopic (exact) mass is 161 g/mol. The van der Waals surface area contributed by atoms with E-state index < -0.39 is 22.0 Å². The van der Waals surface area contributed by atoms with Gasteiger partial charge in [-0.2, -0.15) is 5.26 Å². The Kier molecular flexibility index (Phi) is 3.65. The van der Waals surface area contributed by atoms with Gasteiger partial charge >= 0.3 is 5.97 Å². The van der Waals surface area contributed by atoms with Gasteiger partial charge in [-0.15, -0.1) is 0 Å². The lowest BCUT2D eigenvalue weighted by molar-refractivity contribution is -0.136. The van der Waals surface area contributed by atoms with Gasteiger partial charge in [-0.25, -0.2) is 0 Å². The molecule has 0 amide bonds. The van der Waals surface area contributed by atoms with Crippen LogP contribution in [0.15, 0.2) is 0 Å². The van der Waals surface area contributed by atoms with Crippen LogP contribution in [0.4, 0.5) is 0 Å². The smallest absolute Gasteiger partial charge is 0.319 e. The van der Waals surface area contributed by atoms with Crippen molar-refractivity contribution in [3.8, 4) is 6.07 Å². The molecule has 2 unspecified atom stereocenters. The summed E-state index contributed by atoms with van der Waals surface area (Å²) in [6.07, 6.45) is 0. The first-order chi connectivity index (χ1) is 4.59. The summed E-state index contributed by atoms with van der Waals surface area (Å²) in [6, 6.07) is 1.64. The van der Waals surface area contributed by atoms with E-state index in [4.69, 9.17) is 10.4 Å². The molecule has 0 spiro atoms. The first-order valence-electron chi connectivity index (χ1n) is 2.56. The van der Waals surface area contributed by atoms with Crippen LogP contribution < -0.4 is 0 Å². The van der Waals surface area contributed by atoms with Crippen molar-refractivity contribution in [2.75, 3.05) is 5.75 Å². The second-order valence-corrected chi connectivity index (χ2v) is 3.42. The fourth-order valence-electron chi connectivity index (χ4n) is 0.301. The lowest BCUT2D eigenvalue weighted by Gasteiger charge is -2.00. The summed E-state index contributed by atoms with van der Waals surface area (Å²) in [4.78, 5) is 10.1. The summed E-state index contributed by atoms with van der Waals surface area (Å²) >= 11 is 0. The molecule has 5 heteroatoms. The molecule has 2 atom stereocenters. The number of hydrogen-bond donors (Lipinski definition) is 1. The van der Waals surface area contributed by atoms with E-state index in [0.29, 0.717) is 0 Å². The summed E-state index contributed by atoms with van der Waals surface area (Å²) in [7, 11) is -1.56. The van der Waals surface area contributed by atoms with E-state index in [2.05, 4.69) is 0 Å². The number of carboxylic acids is 1. The number of carboxylic acid groups (broad SMARTS) is 1. The lowest BCUT2D eigenvalue weighted by atomic mass is 10.5. The standard InChI is InChI=1S/C5H7NO3S/c1-4(5(7)8)10(9)3-2-6/h4H,3H2,1H3,(H,7,8). The Labute approximate surface area is 60.9 Å². The molecular weight excluding hydrogens is 154 g/mol. The van der Waals surface area contributed by atoms with Crippen molar-refractivity contribution >= 4 is 16.8 Å². The van der Waals surface area contributed by atoms with Gasteiger partial charge in [0.25, 0.3) is 0 Å². The third-order valence-electron chi connectivity index (χ3n) is 0.949. The molecule has 0 aromatic rings. The molecule has 0 aliphatic carbocycles. The van der Waals surface area contributed by atoms with Crippen molar-refractivity contribution < 1.29 is 14.1 Å². The van der Waals surface area contributed by atoms with E-state index in [-0.39, 0.29) is 5.75 Å². The summed E-state index contributed by atoms with van der Waals surface area (Å²) in [6.45, 7) is 1.32. The number of rotatable bonds is 3. The van der Waals surface area contributed by atoms with Crippen molar-refractivity contribution in [1.29, 1.82) is 5.26 Å². The van der Waals surface area contributed by atoms with Crippen molar-refractivity contribution in [2.24, 2.45) is 0 Å². The van der Waals surface area contributed by atoms with E-state index in [1.165, 1.54) is 6.92 Å². The van der Waals surface area contributed by atoms with Gasteiger partial charge in [-0.05, 0) is 6.92 Å². The number of nitriles is 1. The highest BCUT2D eigenvalue weighted by molar-refractivity contribution is 7.86. The quantitative estimate of drug-likeness (QED) is 0.618. The number of hydrogen-bond acceptors (Lipinski definition) is 3. The zero-order valence-corrected chi connectivity index (χ0v) is 6.22. The van der Waals surface area contributed by atoms with Crippen LogP contribution in [0, 0.1) is 11.3 Å². The van der Waals surface area contributed by atoms with Crippen LogP contribution in [-0.2, 0) is 15.6 Å². The molecular formula is C5H7NO3S. The van der Waals surface area contributed by atoms with Crippen LogP contribution in [0.5, 0.6) is 0 Å². The van der Waals surface area contributed by atoms with Crippen molar-refractivity contribution in [3.05, 3.63) is 0 Å². The predicted molar refractivity (Wildman–Crippen MR) is 35.7 cm³/mol. The molecule has 1 N–H and O–H groups in total. The molecule has 0 rings (SSSR count). The van der Waals surface area contributed by atoms with Gasteiger partial charge in [0.1, 0.15) is 11.0 Å². The summed E-state index contributed by atoms with van der Waals surface area (Å²) < 4.78 is 10.7. The van der Waals surface area contributed by atoms with Crippen LogP contribution in [0.1, 0.15) is 6.92 Å². The maximum Gasteiger partial charge on any atom is 0.319 e. The molecule has 0 fully saturated rings. The van der Waals surface area contributed by atoms with Gasteiger partial charge in [-0.3, -0.25) is 9.00 Å². The van der Waals surface area contributed by atoms with Crippen molar-refractivity contribution in [3.63, 3.8) is 0 Å². The Balaban J connectivity index is 3.98. The lowest BCUT2D eigenvalue weighted by Crippen LogP contribution is -2.23. The maximum atomic E-state index is 10.7. The van der Waals surface area contributed by atoms with E-state index in [1.54, 1.807) is 6.07 Å². The average Bonchev–Trinajstić information content (AvgIpc) is 1.87. The van der Waals surface area contributed by atoms with E-state index in [9.17, 15) is 9.00 Å². The van der Waals surface area contributed by atoms with Crippen LogP contribution in [0.25, 0.3) is 0 Å². The van der Waals surface area contributed by atoms with Crippen molar-refractivity contribution in [2.45, 2.75) is 12.2 Å². The van der Waals surface area contributed by atoms with Gasteiger partial charge < -0.3 is 5.11 Å². The Morgan fingerprint density at radius 1 is 1.90 bits per heavy atom. The zero-order chi connectivity index (χ0) is 8.15. The van der Waals surface area contributed by atoms with Gasteiger partial charge in [0, 0.05) is 10.8 Å². The molecule has 0 saturated heterocycles. The molecule has 0 aliphatic heterocycles. The second-order valence-electron chi connectivity index (χ2n) is 1.66. The highest BCUT2D eigenvalue weighted by atomic mass is 32.2. The fraction of sp³-hybridized carbons (Fsp3) is 0.600. The van der Waals surface area contributed by atoms with Crippen molar-refractivity contribution in [1.82, 2.24) is 0 Å². The molecule has 0 aliphatic rings. The van der Waals surface area contributed by atoms with E-state index in [0.717, 1.165) is 0 Å². The second kappa shape index (κ2) is 4.01. The van der Waals surface area contributed by atoms with Gasteiger partial charge in [0.05, 0.1) is 6.07 Å². The van der Waals surface area contributed by atoms with Crippen LogP contribution >= 0.6 is 0 Å². The summed E-state index contributed by atoms with van der Waals surface area (Å²) in [5.74, 6) is -1.35. The minimum Gasteiger partial charge on any atom is -0.480 e. The van der Waals surface area contributed by atoms with Gasteiger partial charge in [-0.1, -0.05) is 0 Å². The zero-order valence-electron chi connectivity index (χ0n) is 5.40. The number of carbonyl (C=O) groups is 1. The molecule has 10 heavy (non-hydrogen) atoms. The van der Waals surface area contributed by atoms with Crippen LogP contribution in [0.2, 0.25) is 0 Å². The molecule has 0 aromatic carbocycles. The third-order valence-corrected chi connectivity index (χ3v) is 2.35. The minimum atomic E-state index is -1.56. The Morgan fingerprint density at radius 2 is 2.40 bits per heavy atom. The van der Waals surface area contributed by atoms with Gasteiger partial charge in [0.2, 0.25) is 0 Å². The molecule has 56 valence electrons. The SMILES string of the molecule is CC(C(=O)O)S(=O)CC#N. The highest BCUT2D eigenvalue weighted by Crippen LogP contribution is 1.94. The van der Waals surface area contributed by atoms with Gasteiger partial charge in [0.15, 0.2) is 0 Å².